The predicted molar refractivity (Wildman–Crippen MR) is 96.4 cm³/mol. The number of carbonyl (C=O) groups is 1. The van der Waals surface area contributed by atoms with Crippen molar-refractivity contribution in [3.63, 3.8) is 0 Å². The molecule has 0 N–H and O–H groups in total. The first-order chi connectivity index (χ1) is 12.8. The molecule has 1 aliphatic rings. The van der Waals surface area contributed by atoms with Crippen LogP contribution in [0.1, 0.15) is 33.8 Å². The minimum Gasteiger partial charge on any atom is -0.360 e. The molecule has 1 aromatic heterocycles. The fourth-order valence-corrected chi connectivity index (χ4v) is 4.97. The summed E-state index contributed by atoms with van der Waals surface area (Å²) in [4.78, 5) is 14.5. The van der Waals surface area contributed by atoms with Crippen LogP contribution in [0, 0.1) is 25.2 Å². The van der Waals surface area contributed by atoms with Gasteiger partial charge in [0, 0.05) is 31.7 Å². The van der Waals surface area contributed by atoms with E-state index in [9.17, 15) is 13.2 Å². The smallest absolute Gasteiger partial charge is 0.253 e. The van der Waals surface area contributed by atoms with Crippen molar-refractivity contribution in [2.24, 2.45) is 0 Å². The number of carbonyl (C=O) groups excluding carboxylic acids is 1. The number of benzene rings is 1. The number of sulfonamides is 1. The summed E-state index contributed by atoms with van der Waals surface area (Å²) in [7, 11) is -3.73. The maximum absolute atomic E-state index is 13.0. The summed E-state index contributed by atoms with van der Waals surface area (Å²) >= 11 is 0. The molecule has 1 amide bonds. The molecule has 1 fully saturated rings. The van der Waals surface area contributed by atoms with Crippen molar-refractivity contribution in [3.8, 4) is 6.07 Å². The van der Waals surface area contributed by atoms with Crippen molar-refractivity contribution in [1.82, 2.24) is 14.4 Å². The van der Waals surface area contributed by atoms with Crippen LogP contribution in [-0.2, 0) is 10.0 Å². The lowest BCUT2D eigenvalue weighted by atomic mass is 10.1. The topological polar surface area (TPSA) is 108 Å². The van der Waals surface area contributed by atoms with Gasteiger partial charge in [-0.2, -0.15) is 9.57 Å². The average Bonchev–Trinajstić information content (AvgIpc) is 2.87. The number of nitriles is 1. The molecule has 0 atom stereocenters. The van der Waals surface area contributed by atoms with Crippen LogP contribution in [0.2, 0.25) is 0 Å². The first-order valence-electron chi connectivity index (χ1n) is 8.57. The van der Waals surface area contributed by atoms with E-state index in [0.717, 1.165) is 0 Å². The first kappa shape index (κ1) is 19.1. The third-order valence-corrected chi connectivity index (χ3v) is 6.69. The molecule has 1 aliphatic heterocycles. The minimum atomic E-state index is -3.73. The Balaban J connectivity index is 1.78. The summed E-state index contributed by atoms with van der Waals surface area (Å²) in [5.41, 5.74) is 1.17. The van der Waals surface area contributed by atoms with Crippen molar-refractivity contribution >= 4 is 15.9 Å². The molecule has 2 aromatic rings. The summed E-state index contributed by atoms with van der Waals surface area (Å²) in [5, 5.41) is 12.7. The lowest BCUT2D eigenvalue weighted by Crippen LogP contribution is -2.37. The highest BCUT2D eigenvalue weighted by molar-refractivity contribution is 7.89. The van der Waals surface area contributed by atoms with E-state index in [1.807, 2.05) is 6.07 Å². The van der Waals surface area contributed by atoms with Crippen molar-refractivity contribution in [3.05, 3.63) is 46.8 Å². The summed E-state index contributed by atoms with van der Waals surface area (Å²) in [6.45, 7) is 4.40. The van der Waals surface area contributed by atoms with E-state index < -0.39 is 10.0 Å². The van der Waals surface area contributed by atoms with Gasteiger partial charge >= 0.3 is 0 Å². The summed E-state index contributed by atoms with van der Waals surface area (Å²) in [6, 6.07) is 8.52. The van der Waals surface area contributed by atoms with Gasteiger partial charge in [0.2, 0.25) is 10.0 Å². The number of hydrogen-bond donors (Lipinski definition) is 0. The van der Waals surface area contributed by atoms with Crippen LogP contribution in [0.3, 0.4) is 0 Å². The second kappa shape index (κ2) is 7.50. The summed E-state index contributed by atoms with van der Waals surface area (Å²) < 4.78 is 32.3. The third-order valence-electron chi connectivity index (χ3n) is 4.55. The van der Waals surface area contributed by atoms with Crippen molar-refractivity contribution in [2.75, 3.05) is 26.2 Å². The van der Waals surface area contributed by atoms with Crippen molar-refractivity contribution < 1.29 is 17.7 Å². The van der Waals surface area contributed by atoms with E-state index in [2.05, 4.69) is 5.16 Å². The van der Waals surface area contributed by atoms with Crippen LogP contribution in [0.5, 0.6) is 0 Å². The Bertz CT molecular complexity index is 987. The monoisotopic (exact) mass is 388 g/mol. The molecule has 0 bridgehead atoms. The van der Waals surface area contributed by atoms with E-state index in [0.29, 0.717) is 36.3 Å². The number of aryl methyl sites for hydroxylation is 2. The average molecular weight is 388 g/mol. The standard InChI is InChI=1S/C18H20N4O4S/c1-13-17(14(2)26-20-13)27(24,25)22-8-4-7-21(9-10-22)18(23)16-6-3-5-15(11-16)12-19/h3,5-6,11H,4,7-10H2,1-2H3. The highest BCUT2D eigenvalue weighted by atomic mass is 32.2. The first-order valence-corrected chi connectivity index (χ1v) is 10.0. The molecule has 0 spiro atoms. The molecule has 3 rings (SSSR count). The maximum Gasteiger partial charge on any atom is 0.253 e. The number of aromatic nitrogens is 1. The molecular formula is C18H20N4O4S. The van der Waals surface area contributed by atoms with E-state index in [4.69, 9.17) is 9.78 Å². The fourth-order valence-electron chi connectivity index (χ4n) is 3.21. The van der Waals surface area contributed by atoms with Gasteiger partial charge < -0.3 is 9.42 Å². The number of hydrogen-bond acceptors (Lipinski definition) is 6. The summed E-state index contributed by atoms with van der Waals surface area (Å²) in [5.74, 6) is 0.0571. The van der Waals surface area contributed by atoms with Crippen LogP contribution in [0.25, 0.3) is 0 Å². The number of nitrogens with zero attached hydrogens (tertiary/aromatic N) is 4. The Hall–Kier alpha value is -2.70. The number of amides is 1. The van der Waals surface area contributed by atoms with Gasteiger partial charge in [0.25, 0.3) is 5.91 Å². The van der Waals surface area contributed by atoms with Crippen LogP contribution >= 0.6 is 0 Å². The molecule has 0 radical (unpaired) electrons. The van der Waals surface area contributed by atoms with E-state index in [1.54, 1.807) is 43.0 Å². The largest absolute Gasteiger partial charge is 0.360 e. The van der Waals surface area contributed by atoms with E-state index >= 15 is 0 Å². The second-order valence-corrected chi connectivity index (χ2v) is 8.27. The van der Waals surface area contributed by atoms with E-state index in [1.165, 1.54) is 4.31 Å². The molecule has 0 unspecified atom stereocenters. The Labute approximate surface area is 158 Å². The van der Waals surface area contributed by atoms with Gasteiger partial charge in [-0.15, -0.1) is 0 Å². The normalized spacial score (nSPS) is 16.0. The van der Waals surface area contributed by atoms with Crippen molar-refractivity contribution in [1.29, 1.82) is 5.26 Å². The van der Waals surface area contributed by atoms with E-state index in [-0.39, 0.29) is 29.7 Å². The molecule has 0 aliphatic carbocycles. The quantitative estimate of drug-likeness (QED) is 0.792. The molecule has 8 nitrogen and oxygen atoms in total. The van der Waals surface area contributed by atoms with Gasteiger partial charge in [-0.3, -0.25) is 4.79 Å². The maximum atomic E-state index is 13.0. The molecule has 1 aromatic carbocycles. The lowest BCUT2D eigenvalue weighted by molar-refractivity contribution is 0.0764. The SMILES string of the molecule is Cc1noc(C)c1S(=O)(=O)N1CCCN(C(=O)c2cccc(C#N)c2)CC1. The molecule has 1 saturated heterocycles. The van der Waals surface area contributed by atoms with Gasteiger partial charge in [0.1, 0.15) is 10.6 Å². The minimum absolute atomic E-state index is 0.101. The highest BCUT2D eigenvalue weighted by Crippen LogP contribution is 2.24. The zero-order chi connectivity index (χ0) is 19.6. The van der Waals surface area contributed by atoms with Gasteiger partial charge in [-0.25, -0.2) is 8.42 Å². The molecule has 0 saturated carbocycles. The lowest BCUT2D eigenvalue weighted by Gasteiger charge is -2.22. The molecule has 9 heteroatoms. The molecule has 142 valence electrons. The zero-order valence-corrected chi connectivity index (χ0v) is 16.0. The zero-order valence-electron chi connectivity index (χ0n) is 15.2. The summed E-state index contributed by atoms with van der Waals surface area (Å²) in [6.07, 6.45) is 0.520. The Kier molecular flexibility index (Phi) is 5.30. The van der Waals surface area contributed by atoms with Gasteiger partial charge in [-0.1, -0.05) is 11.2 Å². The highest BCUT2D eigenvalue weighted by Gasteiger charge is 2.33. The van der Waals surface area contributed by atoms with Crippen LogP contribution < -0.4 is 0 Å². The van der Waals surface area contributed by atoms with Crippen molar-refractivity contribution in [2.45, 2.75) is 25.2 Å². The Morgan fingerprint density at radius 3 is 2.67 bits per heavy atom. The fraction of sp³-hybridized carbons (Fsp3) is 0.389. The third kappa shape index (κ3) is 3.72. The molecular weight excluding hydrogens is 368 g/mol. The Morgan fingerprint density at radius 2 is 2.00 bits per heavy atom. The second-order valence-electron chi connectivity index (χ2n) is 6.40. The van der Waals surface area contributed by atoms with Crippen LogP contribution in [-0.4, -0.2) is 54.9 Å². The van der Waals surface area contributed by atoms with Crippen LogP contribution in [0.15, 0.2) is 33.7 Å². The van der Waals surface area contributed by atoms with Gasteiger partial charge in [0.15, 0.2) is 5.76 Å². The van der Waals surface area contributed by atoms with Gasteiger partial charge in [0.05, 0.1) is 11.6 Å². The number of rotatable bonds is 3. The Morgan fingerprint density at radius 1 is 1.22 bits per heavy atom. The molecule has 27 heavy (non-hydrogen) atoms. The molecule has 2 heterocycles. The van der Waals surface area contributed by atoms with Crippen LogP contribution in [0.4, 0.5) is 0 Å². The van der Waals surface area contributed by atoms with Gasteiger partial charge in [-0.05, 0) is 38.5 Å². The predicted octanol–water partition coefficient (Wildman–Crippen LogP) is 1.70.